The average molecular weight is 428 g/mol. The van der Waals surface area contributed by atoms with Crippen molar-refractivity contribution in [2.75, 3.05) is 6.54 Å². The predicted molar refractivity (Wildman–Crippen MR) is 120 cm³/mol. The van der Waals surface area contributed by atoms with Crippen LogP contribution in [-0.2, 0) is 21.2 Å². The van der Waals surface area contributed by atoms with E-state index in [9.17, 15) is 13.2 Å². The molecule has 7 heteroatoms. The molecule has 1 aromatic heterocycles. The number of rotatable bonds is 10. The zero-order valence-corrected chi connectivity index (χ0v) is 18.3. The van der Waals surface area contributed by atoms with Crippen molar-refractivity contribution in [3.05, 3.63) is 65.9 Å². The van der Waals surface area contributed by atoms with E-state index in [2.05, 4.69) is 21.9 Å². The van der Waals surface area contributed by atoms with Crippen LogP contribution in [0.3, 0.4) is 0 Å². The van der Waals surface area contributed by atoms with E-state index in [4.69, 9.17) is 0 Å². The maximum absolute atomic E-state index is 12.9. The summed E-state index contributed by atoms with van der Waals surface area (Å²) in [5, 5.41) is 3.87. The Hall–Kier alpha value is -2.64. The second-order valence-electron chi connectivity index (χ2n) is 7.55. The van der Waals surface area contributed by atoms with Crippen molar-refractivity contribution in [2.45, 2.75) is 50.5 Å². The fourth-order valence-electron chi connectivity index (χ4n) is 3.39. The van der Waals surface area contributed by atoms with Gasteiger partial charge in [-0.25, -0.2) is 8.42 Å². The second-order valence-corrected chi connectivity index (χ2v) is 9.26. The number of benzene rings is 2. The molecule has 0 radical (unpaired) electrons. The third-order valence-electron chi connectivity index (χ3n) is 5.12. The van der Waals surface area contributed by atoms with Crippen molar-refractivity contribution >= 4 is 26.8 Å². The molecule has 3 aromatic rings. The number of H-pyrrole nitrogens is 1. The van der Waals surface area contributed by atoms with Crippen molar-refractivity contribution in [3.8, 4) is 0 Å². The number of aryl methyl sites for hydroxylation is 1. The third kappa shape index (κ3) is 5.49. The fourth-order valence-corrected chi connectivity index (χ4v) is 4.59. The summed E-state index contributed by atoms with van der Waals surface area (Å²) in [5.41, 5.74) is 2.82. The second kappa shape index (κ2) is 9.91. The first-order valence-electron chi connectivity index (χ1n) is 10.3. The summed E-state index contributed by atoms with van der Waals surface area (Å²) in [6.07, 6.45) is 5.03. The molecule has 0 spiro atoms. The molecule has 3 N–H and O–H groups in total. The molecule has 1 amide bonds. The minimum absolute atomic E-state index is 0.149. The number of unbranched alkanes of at least 4 members (excludes halogenated alkanes) is 2. The van der Waals surface area contributed by atoms with Crippen LogP contribution in [0.15, 0.2) is 59.6 Å². The SMILES string of the molecule is CCCCCNC(=O)[C@H](Cc1c[nH]c2ccccc12)NS(=O)(=O)c1ccc(C)cc1. The quantitative estimate of drug-likeness (QED) is 0.431. The molecule has 0 fully saturated rings. The van der Waals surface area contributed by atoms with Crippen LogP contribution in [0.2, 0.25) is 0 Å². The lowest BCUT2D eigenvalue weighted by molar-refractivity contribution is -0.122. The van der Waals surface area contributed by atoms with E-state index >= 15 is 0 Å². The number of nitrogens with one attached hydrogen (secondary N) is 3. The minimum Gasteiger partial charge on any atom is -0.361 e. The first-order chi connectivity index (χ1) is 14.4. The van der Waals surface area contributed by atoms with Gasteiger partial charge in [0.1, 0.15) is 6.04 Å². The average Bonchev–Trinajstić information content (AvgIpc) is 3.14. The molecule has 0 bridgehead atoms. The molecule has 6 nitrogen and oxygen atoms in total. The maximum Gasteiger partial charge on any atom is 0.241 e. The Labute approximate surface area is 178 Å². The molecule has 30 heavy (non-hydrogen) atoms. The number of para-hydroxylation sites is 1. The van der Waals surface area contributed by atoms with Gasteiger partial charge in [0.15, 0.2) is 0 Å². The first-order valence-corrected chi connectivity index (χ1v) is 11.8. The molecule has 0 saturated carbocycles. The van der Waals surface area contributed by atoms with Crippen LogP contribution in [0.5, 0.6) is 0 Å². The number of hydrogen-bond donors (Lipinski definition) is 3. The Morgan fingerprint density at radius 3 is 2.53 bits per heavy atom. The van der Waals surface area contributed by atoms with Crippen LogP contribution >= 0.6 is 0 Å². The monoisotopic (exact) mass is 427 g/mol. The van der Waals surface area contributed by atoms with E-state index in [0.29, 0.717) is 6.54 Å². The van der Waals surface area contributed by atoms with Crippen LogP contribution in [0.25, 0.3) is 10.9 Å². The van der Waals surface area contributed by atoms with Gasteiger partial charge in [-0.2, -0.15) is 4.72 Å². The van der Waals surface area contributed by atoms with E-state index in [0.717, 1.165) is 41.3 Å². The van der Waals surface area contributed by atoms with Gasteiger partial charge in [0, 0.05) is 23.6 Å². The molecule has 0 aliphatic carbocycles. The van der Waals surface area contributed by atoms with Crippen molar-refractivity contribution in [1.82, 2.24) is 15.0 Å². The van der Waals surface area contributed by atoms with Crippen LogP contribution in [0.4, 0.5) is 0 Å². The highest BCUT2D eigenvalue weighted by Crippen LogP contribution is 2.20. The van der Waals surface area contributed by atoms with Crippen molar-refractivity contribution < 1.29 is 13.2 Å². The van der Waals surface area contributed by atoms with Gasteiger partial charge in [0.2, 0.25) is 15.9 Å². The zero-order valence-electron chi connectivity index (χ0n) is 17.4. The minimum atomic E-state index is -3.83. The summed E-state index contributed by atoms with van der Waals surface area (Å²) >= 11 is 0. The zero-order chi connectivity index (χ0) is 21.6. The lowest BCUT2D eigenvalue weighted by Gasteiger charge is -2.19. The number of aromatic amines is 1. The van der Waals surface area contributed by atoms with Crippen molar-refractivity contribution in [2.24, 2.45) is 0 Å². The first kappa shape index (κ1) is 22.1. The van der Waals surface area contributed by atoms with Gasteiger partial charge in [-0.3, -0.25) is 4.79 Å². The smallest absolute Gasteiger partial charge is 0.241 e. The molecule has 0 unspecified atom stereocenters. The van der Waals surface area contributed by atoms with Gasteiger partial charge in [-0.05, 0) is 43.5 Å². The van der Waals surface area contributed by atoms with Crippen LogP contribution in [0.1, 0.15) is 37.3 Å². The molecule has 1 heterocycles. The Morgan fingerprint density at radius 2 is 1.80 bits per heavy atom. The lowest BCUT2D eigenvalue weighted by Crippen LogP contribution is -2.48. The highest BCUT2D eigenvalue weighted by atomic mass is 32.2. The van der Waals surface area contributed by atoms with Crippen molar-refractivity contribution in [1.29, 1.82) is 0 Å². The van der Waals surface area contributed by atoms with Crippen LogP contribution < -0.4 is 10.0 Å². The lowest BCUT2D eigenvalue weighted by atomic mass is 10.1. The van der Waals surface area contributed by atoms with Gasteiger partial charge < -0.3 is 10.3 Å². The van der Waals surface area contributed by atoms with Gasteiger partial charge in [0.05, 0.1) is 4.90 Å². The normalized spacial score (nSPS) is 12.7. The van der Waals surface area contributed by atoms with Gasteiger partial charge in [-0.1, -0.05) is 55.7 Å². The number of amides is 1. The molecule has 1 atom stereocenters. The fraction of sp³-hybridized carbons (Fsp3) is 0.348. The number of carbonyl (C=O) groups excluding carboxylic acids is 1. The van der Waals surface area contributed by atoms with Gasteiger partial charge >= 0.3 is 0 Å². The Kier molecular flexibility index (Phi) is 7.29. The van der Waals surface area contributed by atoms with Gasteiger partial charge in [-0.15, -0.1) is 0 Å². The van der Waals surface area contributed by atoms with E-state index in [1.165, 1.54) is 0 Å². The number of sulfonamides is 1. The maximum atomic E-state index is 12.9. The molecule has 0 aliphatic heterocycles. The number of carbonyl (C=O) groups is 1. The number of fused-ring (bicyclic) bond motifs is 1. The van der Waals surface area contributed by atoms with Crippen LogP contribution in [-0.4, -0.2) is 31.9 Å². The Morgan fingerprint density at radius 1 is 1.07 bits per heavy atom. The summed E-state index contributed by atoms with van der Waals surface area (Å²) in [4.78, 5) is 16.2. The highest BCUT2D eigenvalue weighted by molar-refractivity contribution is 7.89. The molecule has 2 aromatic carbocycles. The highest BCUT2D eigenvalue weighted by Gasteiger charge is 2.26. The summed E-state index contributed by atoms with van der Waals surface area (Å²) in [7, 11) is -3.83. The van der Waals surface area contributed by atoms with E-state index in [1.54, 1.807) is 24.3 Å². The van der Waals surface area contributed by atoms with E-state index < -0.39 is 16.1 Å². The van der Waals surface area contributed by atoms with E-state index in [1.807, 2.05) is 37.4 Å². The Bertz CT molecular complexity index is 1090. The molecule has 160 valence electrons. The summed E-state index contributed by atoms with van der Waals surface area (Å²) in [6.45, 7) is 4.52. The molecule has 0 saturated heterocycles. The molecular formula is C23H29N3O3S. The van der Waals surface area contributed by atoms with Crippen molar-refractivity contribution in [3.63, 3.8) is 0 Å². The molecule has 0 aliphatic rings. The molecular weight excluding hydrogens is 398 g/mol. The predicted octanol–water partition coefficient (Wildman–Crippen LogP) is 3.67. The summed E-state index contributed by atoms with van der Waals surface area (Å²) in [5.74, 6) is -0.313. The molecule has 3 rings (SSSR count). The largest absolute Gasteiger partial charge is 0.361 e. The summed E-state index contributed by atoms with van der Waals surface area (Å²) < 4.78 is 28.5. The summed E-state index contributed by atoms with van der Waals surface area (Å²) in [6, 6.07) is 13.5. The number of aromatic nitrogens is 1. The van der Waals surface area contributed by atoms with Crippen LogP contribution in [0, 0.1) is 6.92 Å². The number of hydrogen-bond acceptors (Lipinski definition) is 3. The van der Waals surface area contributed by atoms with Gasteiger partial charge in [0.25, 0.3) is 0 Å². The topological polar surface area (TPSA) is 91.1 Å². The standard InChI is InChI=1S/C23H29N3O3S/c1-3-4-7-14-24-23(27)22(15-18-16-25-21-9-6-5-8-20(18)21)26-30(28,29)19-12-10-17(2)11-13-19/h5-6,8-13,16,22,25-26H,3-4,7,14-15H2,1-2H3,(H,24,27)/t22-/m0/s1. The Balaban J connectivity index is 1.83. The third-order valence-corrected chi connectivity index (χ3v) is 6.61. The van der Waals surface area contributed by atoms with E-state index in [-0.39, 0.29) is 17.2 Å².